The van der Waals surface area contributed by atoms with Gasteiger partial charge in [0.2, 0.25) is 0 Å². The molecule has 2 aliphatic rings. The molecule has 0 spiro atoms. The van der Waals surface area contributed by atoms with E-state index in [-0.39, 0.29) is 11.8 Å². The molecule has 2 nitrogen and oxygen atoms in total. The fourth-order valence-corrected chi connectivity index (χ4v) is 2.53. The van der Waals surface area contributed by atoms with Crippen molar-refractivity contribution in [2.24, 2.45) is 0 Å². The number of fused-ring (bicyclic) bond motifs is 1. The second-order valence-electron chi connectivity index (χ2n) is 4.25. The van der Waals surface area contributed by atoms with Gasteiger partial charge in [0.05, 0.1) is 6.04 Å². The minimum absolute atomic E-state index is 0.0913. The fraction of sp³-hybridized carbons (Fsp3) is 0.308. The Morgan fingerprint density at radius 3 is 2.67 bits per heavy atom. The highest BCUT2D eigenvalue weighted by atomic mass is 16.1. The summed E-state index contributed by atoms with van der Waals surface area (Å²) in [5.41, 5.74) is 1.96. The number of carbonyl (C=O) groups is 1. The van der Waals surface area contributed by atoms with E-state index in [2.05, 4.69) is 11.5 Å². The standard InChI is InChI=1S/C13H13NO/c1-9-7-8-11-12(14(9)11)13(15)10-5-3-2-4-6-10/h2-6,11-12H,1,7-8H2/t11-,12-,14?/m1/s1. The van der Waals surface area contributed by atoms with Gasteiger partial charge in [0, 0.05) is 11.3 Å². The molecule has 1 aromatic rings. The van der Waals surface area contributed by atoms with Crippen molar-refractivity contribution in [3.8, 4) is 0 Å². The Balaban J connectivity index is 1.81. The molecule has 0 amide bonds. The van der Waals surface area contributed by atoms with Gasteiger partial charge in [0.15, 0.2) is 5.78 Å². The average Bonchev–Trinajstić information content (AvgIpc) is 2.90. The fourth-order valence-electron chi connectivity index (χ4n) is 2.53. The molecule has 0 aliphatic carbocycles. The van der Waals surface area contributed by atoms with Gasteiger partial charge in [0.25, 0.3) is 0 Å². The Kier molecular flexibility index (Phi) is 1.72. The summed E-state index contributed by atoms with van der Waals surface area (Å²) in [6, 6.07) is 10.1. The number of allylic oxidation sites excluding steroid dienone is 1. The normalized spacial score (nSPS) is 27.7. The first kappa shape index (κ1) is 8.72. The van der Waals surface area contributed by atoms with E-state index < -0.39 is 0 Å². The van der Waals surface area contributed by atoms with E-state index in [4.69, 9.17) is 0 Å². The Morgan fingerprint density at radius 1 is 1.33 bits per heavy atom. The van der Waals surface area contributed by atoms with Crippen LogP contribution in [0.3, 0.4) is 0 Å². The zero-order valence-corrected chi connectivity index (χ0v) is 8.52. The zero-order chi connectivity index (χ0) is 10.4. The number of hydrogen-bond acceptors (Lipinski definition) is 2. The Bertz CT molecular complexity index is 423. The summed E-state index contributed by atoms with van der Waals surface area (Å²) in [4.78, 5) is 14.2. The lowest BCUT2D eigenvalue weighted by molar-refractivity contribution is 0.0975. The quantitative estimate of drug-likeness (QED) is 0.537. The van der Waals surface area contributed by atoms with E-state index in [1.807, 2.05) is 30.3 Å². The Hall–Kier alpha value is -1.57. The van der Waals surface area contributed by atoms with Crippen LogP contribution in [-0.4, -0.2) is 22.8 Å². The third kappa shape index (κ3) is 1.21. The predicted octanol–water partition coefficient (Wildman–Crippen LogP) is 2.23. The highest BCUT2D eigenvalue weighted by Crippen LogP contribution is 2.45. The highest BCUT2D eigenvalue weighted by molar-refractivity contribution is 6.03. The van der Waals surface area contributed by atoms with Gasteiger partial charge in [-0.15, -0.1) is 0 Å². The van der Waals surface area contributed by atoms with Crippen LogP contribution in [0.5, 0.6) is 0 Å². The summed E-state index contributed by atoms with van der Waals surface area (Å²) in [5.74, 6) is 0.251. The first-order chi connectivity index (χ1) is 7.29. The summed E-state index contributed by atoms with van der Waals surface area (Å²) in [6.07, 6.45) is 2.16. The second-order valence-corrected chi connectivity index (χ2v) is 4.25. The van der Waals surface area contributed by atoms with E-state index in [9.17, 15) is 4.79 Å². The van der Waals surface area contributed by atoms with E-state index in [1.54, 1.807) is 0 Å². The molecule has 0 saturated carbocycles. The van der Waals surface area contributed by atoms with E-state index in [1.165, 1.54) is 0 Å². The molecule has 3 rings (SSSR count). The van der Waals surface area contributed by atoms with E-state index >= 15 is 0 Å². The first-order valence-corrected chi connectivity index (χ1v) is 5.34. The second kappa shape index (κ2) is 2.96. The van der Waals surface area contributed by atoms with Crippen molar-refractivity contribution in [1.29, 1.82) is 0 Å². The van der Waals surface area contributed by atoms with Crippen molar-refractivity contribution in [2.75, 3.05) is 0 Å². The van der Waals surface area contributed by atoms with Crippen LogP contribution in [-0.2, 0) is 0 Å². The van der Waals surface area contributed by atoms with Gasteiger partial charge >= 0.3 is 0 Å². The highest BCUT2D eigenvalue weighted by Gasteiger charge is 2.55. The van der Waals surface area contributed by atoms with Gasteiger partial charge in [0.1, 0.15) is 6.04 Å². The molecule has 0 aromatic heterocycles. The molecule has 0 N–H and O–H groups in total. The molecular formula is C13H13NO. The van der Waals surface area contributed by atoms with Crippen molar-refractivity contribution in [3.05, 3.63) is 48.2 Å². The summed E-state index contributed by atoms with van der Waals surface area (Å²) in [6.45, 7) is 3.98. The van der Waals surface area contributed by atoms with Gasteiger partial charge in [-0.3, -0.25) is 4.79 Å². The number of Topliss-reactive ketones (excluding diaryl/α,β-unsaturated/α-hetero) is 1. The minimum Gasteiger partial charge on any atom is -0.357 e. The molecule has 2 saturated heterocycles. The summed E-state index contributed by atoms with van der Waals surface area (Å²) in [7, 11) is 0. The van der Waals surface area contributed by atoms with Crippen LogP contribution in [0.4, 0.5) is 0 Å². The van der Waals surface area contributed by atoms with Crippen molar-refractivity contribution >= 4 is 5.78 Å². The van der Waals surface area contributed by atoms with Crippen LogP contribution in [0.2, 0.25) is 0 Å². The van der Waals surface area contributed by atoms with Crippen molar-refractivity contribution in [3.63, 3.8) is 0 Å². The van der Waals surface area contributed by atoms with Crippen molar-refractivity contribution < 1.29 is 4.79 Å². The van der Waals surface area contributed by atoms with Crippen LogP contribution >= 0.6 is 0 Å². The molecule has 0 bridgehead atoms. The molecule has 2 heterocycles. The summed E-state index contributed by atoms with van der Waals surface area (Å²) >= 11 is 0. The molecule has 0 unspecified atom stereocenters. The third-order valence-corrected chi connectivity index (χ3v) is 3.35. The number of ketones is 1. The maximum atomic E-state index is 12.1. The van der Waals surface area contributed by atoms with Crippen LogP contribution in [0.25, 0.3) is 0 Å². The topological polar surface area (TPSA) is 20.1 Å². The van der Waals surface area contributed by atoms with Crippen LogP contribution in [0.15, 0.2) is 42.6 Å². The maximum absolute atomic E-state index is 12.1. The van der Waals surface area contributed by atoms with Gasteiger partial charge < -0.3 is 4.90 Å². The van der Waals surface area contributed by atoms with E-state index in [0.717, 1.165) is 24.1 Å². The number of hydrogen-bond donors (Lipinski definition) is 0. The van der Waals surface area contributed by atoms with Gasteiger partial charge in [-0.05, 0) is 12.8 Å². The molecule has 0 radical (unpaired) electrons. The SMILES string of the molecule is C=C1CC[C@@H]2[C@H](C(=O)c3ccccc3)N12. The largest absolute Gasteiger partial charge is 0.357 e. The number of carbonyl (C=O) groups excluding carboxylic acids is 1. The van der Waals surface area contributed by atoms with Crippen molar-refractivity contribution in [2.45, 2.75) is 24.9 Å². The van der Waals surface area contributed by atoms with Gasteiger partial charge in [-0.2, -0.15) is 0 Å². The lowest BCUT2D eigenvalue weighted by Crippen LogP contribution is -2.14. The smallest absolute Gasteiger partial charge is 0.187 e. The monoisotopic (exact) mass is 199 g/mol. The third-order valence-electron chi connectivity index (χ3n) is 3.35. The molecule has 2 fully saturated rings. The molecular weight excluding hydrogens is 186 g/mol. The minimum atomic E-state index is 0.0913. The predicted molar refractivity (Wildman–Crippen MR) is 58.6 cm³/mol. The molecule has 2 heteroatoms. The van der Waals surface area contributed by atoms with Crippen molar-refractivity contribution in [1.82, 2.24) is 4.90 Å². The molecule has 15 heavy (non-hydrogen) atoms. The summed E-state index contributed by atoms with van der Waals surface area (Å²) in [5, 5.41) is 0. The maximum Gasteiger partial charge on any atom is 0.187 e. The number of piperidine rings is 1. The lowest BCUT2D eigenvalue weighted by Gasteiger charge is -2.04. The molecule has 76 valence electrons. The van der Waals surface area contributed by atoms with Crippen LogP contribution < -0.4 is 0 Å². The molecule has 2 aliphatic heterocycles. The number of nitrogens with zero attached hydrogens (tertiary/aromatic N) is 1. The number of rotatable bonds is 2. The number of benzene rings is 1. The summed E-state index contributed by atoms with van der Waals surface area (Å²) < 4.78 is 0. The first-order valence-electron chi connectivity index (χ1n) is 5.34. The van der Waals surface area contributed by atoms with Crippen LogP contribution in [0, 0.1) is 0 Å². The van der Waals surface area contributed by atoms with Crippen LogP contribution in [0.1, 0.15) is 23.2 Å². The molecule has 2 atom stereocenters. The van der Waals surface area contributed by atoms with Gasteiger partial charge in [-0.25, -0.2) is 0 Å². The zero-order valence-electron chi connectivity index (χ0n) is 8.52. The van der Waals surface area contributed by atoms with Gasteiger partial charge in [-0.1, -0.05) is 36.9 Å². The van der Waals surface area contributed by atoms with E-state index in [0.29, 0.717) is 6.04 Å². The Morgan fingerprint density at radius 2 is 2.07 bits per heavy atom. The molecule has 1 aromatic carbocycles. The average molecular weight is 199 g/mol. The lowest BCUT2D eigenvalue weighted by atomic mass is 10.0. The Labute approximate surface area is 89.2 Å².